The van der Waals surface area contributed by atoms with E-state index in [1.54, 1.807) is 7.05 Å². The molecule has 1 aliphatic heterocycles. The van der Waals surface area contributed by atoms with Gasteiger partial charge in [0, 0.05) is 26.2 Å². The minimum atomic E-state index is -6.37. The first-order valence-electron chi connectivity index (χ1n) is 5.81. The van der Waals surface area contributed by atoms with Gasteiger partial charge in [-0.15, -0.1) is 0 Å². The molecule has 0 bridgehead atoms. The number of carbonyl (C=O) groups is 1. The Hall–Kier alpha value is -0.710. The maximum Gasteiger partial charge on any atom is 0.460 e. The lowest BCUT2D eigenvalue weighted by molar-refractivity contribution is -0.330. The van der Waals surface area contributed by atoms with Gasteiger partial charge in [-0.2, -0.15) is 30.7 Å². The van der Waals surface area contributed by atoms with Gasteiger partial charge in [0.2, 0.25) is 5.91 Å². The van der Waals surface area contributed by atoms with Crippen molar-refractivity contribution in [2.24, 2.45) is 0 Å². The second kappa shape index (κ2) is 6.19. The van der Waals surface area contributed by atoms with Crippen LogP contribution in [-0.4, -0.2) is 72.0 Å². The normalized spacial score (nSPS) is 19.0. The largest absolute Gasteiger partial charge is 0.460 e. The number of alkyl halides is 7. The highest BCUT2D eigenvalue weighted by Crippen LogP contribution is 2.51. The molecule has 0 spiro atoms. The molecular weight excluding hydrogens is 329 g/mol. The second-order valence-electron chi connectivity index (χ2n) is 4.56. The number of nitrogens with zero attached hydrogens (tertiary/aromatic N) is 2. The number of halogens is 7. The smallest absolute Gasteiger partial charge is 0.339 e. The summed E-state index contributed by atoms with van der Waals surface area (Å²) in [5, 5.41) is -5.40. The zero-order chi connectivity index (χ0) is 16.5. The van der Waals surface area contributed by atoms with Gasteiger partial charge in [-0.05, 0) is 7.05 Å². The SMILES string of the molecule is CN1CCN(C(=O)CSC(F)(F)C(F)(F)C(F)(F)F)CC1. The zero-order valence-electron chi connectivity index (χ0n) is 10.9. The van der Waals surface area contributed by atoms with Crippen molar-refractivity contribution in [2.75, 3.05) is 39.0 Å². The van der Waals surface area contributed by atoms with Crippen molar-refractivity contribution in [2.45, 2.75) is 17.4 Å². The van der Waals surface area contributed by atoms with Crippen molar-refractivity contribution in [1.29, 1.82) is 0 Å². The molecule has 0 aromatic heterocycles. The fourth-order valence-electron chi connectivity index (χ4n) is 1.56. The number of piperazine rings is 1. The van der Waals surface area contributed by atoms with Gasteiger partial charge >= 0.3 is 17.4 Å². The van der Waals surface area contributed by atoms with E-state index >= 15 is 0 Å². The van der Waals surface area contributed by atoms with Crippen LogP contribution in [0.3, 0.4) is 0 Å². The molecule has 0 aromatic carbocycles. The van der Waals surface area contributed by atoms with Crippen molar-refractivity contribution in [3.05, 3.63) is 0 Å². The maximum absolute atomic E-state index is 13.0. The summed E-state index contributed by atoms with van der Waals surface area (Å²) in [7, 11) is 1.77. The molecule has 0 aromatic rings. The molecule has 1 rings (SSSR count). The van der Waals surface area contributed by atoms with Crippen LogP contribution in [0.25, 0.3) is 0 Å². The zero-order valence-corrected chi connectivity index (χ0v) is 11.7. The molecule has 0 atom stereocenters. The molecule has 0 aliphatic carbocycles. The summed E-state index contributed by atoms with van der Waals surface area (Å²) in [4.78, 5) is 14.6. The summed E-state index contributed by atoms with van der Waals surface area (Å²) < 4.78 is 87.0. The number of likely N-dealkylation sites (N-methyl/N-ethyl adjacent to an activating group) is 1. The predicted molar refractivity (Wildman–Crippen MR) is 62.5 cm³/mol. The van der Waals surface area contributed by atoms with Crippen LogP contribution in [0.2, 0.25) is 0 Å². The number of rotatable bonds is 4. The van der Waals surface area contributed by atoms with E-state index in [-0.39, 0.29) is 13.1 Å². The Labute approximate surface area is 120 Å². The summed E-state index contributed by atoms with van der Waals surface area (Å²) in [6.07, 6.45) is -6.37. The van der Waals surface area contributed by atoms with E-state index in [0.29, 0.717) is 13.1 Å². The molecule has 0 saturated carbocycles. The minimum absolute atomic E-state index is 0.219. The van der Waals surface area contributed by atoms with Crippen LogP contribution in [0.15, 0.2) is 0 Å². The van der Waals surface area contributed by atoms with Crippen LogP contribution in [0.5, 0.6) is 0 Å². The van der Waals surface area contributed by atoms with E-state index in [1.165, 1.54) is 0 Å². The van der Waals surface area contributed by atoms with Crippen molar-refractivity contribution in [3.63, 3.8) is 0 Å². The molecule has 21 heavy (non-hydrogen) atoms. The molecule has 1 amide bonds. The lowest BCUT2D eigenvalue weighted by Crippen LogP contribution is -2.51. The van der Waals surface area contributed by atoms with Crippen molar-refractivity contribution in [3.8, 4) is 0 Å². The topological polar surface area (TPSA) is 23.6 Å². The van der Waals surface area contributed by atoms with Crippen molar-refractivity contribution in [1.82, 2.24) is 9.80 Å². The fourth-order valence-corrected chi connectivity index (χ4v) is 2.34. The van der Waals surface area contributed by atoms with Crippen molar-refractivity contribution >= 4 is 17.7 Å². The quantitative estimate of drug-likeness (QED) is 0.733. The van der Waals surface area contributed by atoms with Gasteiger partial charge in [-0.1, -0.05) is 11.8 Å². The van der Waals surface area contributed by atoms with Crippen LogP contribution < -0.4 is 0 Å². The Morgan fingerprint density at radius 3 is 1.90 bits per heavy atom. The Morgan fingerprint density at radius 1 is 1.00 bits per heavy atom. The third-order valence-corrected chi connectivity index (χ3v) is 3.96. The number of hydrogen-bond acceptors (Lipinski definition) is 3. The number of carbonyl (C=O) groups excluding carboxylic acids is 1. The summed E-state index contributed by atoms with van der Waals surface area (Å²) in [6.45, 7) is 1.39. The Morgan fingerprint density at radius 2 is 1.48 bits per heavy atom. The first-order chi connectivity index (χ1) is 9.38. The lowest BCUT2D eigenvalue weighted by Gasteiger charge is -2.33. The van der Waals surface area contributed by atoms with Gasteiger partial charge in [0.1, 0.15) is 0 Å². The van der Waals surface area contributed by atoms with Crippen LogP contribution in [0.1, 0.15) is 0 Å². The molecule has 1 fully saturated rings. The van der Waals surface area contributed by atoms with Crippen LogP contribution in [0, 0.1) is 0 Å². The predicted octanol–water partition coefficient (Wildman–Crippen LogP) is 2.28. The number of amides is 1. The Bertz CT molecular complexity index is 380. The van der Waals surface area contributed by atoms with E-state index in [4.69, 9.17) is 0 Å². The average Bonchev–Trinajstić information content (AvgIpc) is 2.35. The lowest BCUT2D eigenvalue weighted by atomic mass is 10.3. The van der Waals surface area contributed by atoms with Gasteiger partial charge in [-0.3, -0.25) is 4.79 Å². The molecule has 1 aliphatic rings. The first kappa shape index (κ1) is 18.3. The van der Waals surface area contributed by atoms with Gasteiger partial charge in [0.25, 0.3) is 0 Å². The summed E-state index contributed by atoms with van der Waals surface area (Å²) in [5.74, 6) is -8.21. The third-order valence-electron chi connectivity index (χ3n) is 2.95. The Balaban J connectivity index is 2.59. The maximum atomic E-state index is 13.0. The highest BCUT2D eigenvalue weighted by atomic mass is 32.2. The van der Waals surface area contributed by atoms with E-state index in [0.717, 1.165) is 4.90 Å². The molecule has 1 saturated heterocycles. The monoisotopic (exact) mass is 342 g/mol. The van der Waals surface area contributed by atoms with Crippen LogP contribution in [0.4, 0.5) is 30.7 Å². The Kier molecular flexibility index (Phi) is 5.40. The molecule has 0 unspecified atom stereocenters. The average molecular weight is 342 g/mol. The standard InChI is InChI=1S/C10H13F7N2OS/c1-18-2-4-19(5-3-18)7(20)6-21-10(16,17)8(11,12)9(13,14)15/h2-6H2,1H3. The minimum Gasteiger partial charge on any atom is -0.339 e. The molecule has 124 valence electrons. The first-order valence-corrected chi connectivity index (χ1v) is 6.79. The summed E-state index contributed by atoms with van der Waals surface area (Å²) >= 11 is -0.993. The van der Waals surface area contributed by atoms with E-state index in [9.17, 15) is 35.5 Å². The highest BCUT2D eigenvalue weighted by Gasteiger charge is 2.73. The van der Waals surface area contributed by atoms with Gasteiger partial charge in [0.05, 0.1) is 5.75 Å². The second-order valence-corrected chi connectivity index (χ2v) is 5.65. The number of hydrogen-bond donors (Lipinski definition) is 0. The summed E-state index contributed by atoms with van der Waals surface area (Å²) in [6, 6.07) is 0. The highest BCUT2D eigenvalue weighted by molar-refractivity contribution is 8.01. The van der Waals surface area contributed by atoms with Gasteiger partial charge in [-0.25, -0.2) is 0 Å². The molecule has 0 N–H and O–H groups in total. The summed E-state index contributed by atoms with van der Waals surface area (Å²) in [5.41, 5.74) is 0. The van der Waals surface area contributed by atoms with Gasteiger partial charge < -0.3 is 9.80 Å². The van der Waals surface area contributed by atoms with Crippen molar-refractivity contribution < 1.29 is 35.5 Å². The van der Waals surface area contributed by atoms with Crippen LogP contribution in [-0.2, 0) is 4.79 Å². The van der Waals surface area contributed by atoms with Crippen LogP contribution >= 0.6 is 11.8 Å². The fraction of sp³-hybridized carbons (Fsp3) is 0.900. The molecular formula is C10H13F7N2OS. The molecule has 1 heterocycles. The third kappa shape index (κ3) is 4.15. The van der Waals surface area contributed by atoms with E-state index in [2.05, 4.69) is 0 Å². The molecule has 11 heteroatoms. The van der Waals surface area contributed by atoms with E-state index < -0.39 is 40.8 Å². The number of thioether (sulfide) groups is 1. The van der Waals surface area contributed by atoms with Gasteiger partial charge in [0.15, 0.2) is 0 Å². The molecule has 0 radical (unpaired) electrons. The molecule has 3 nitrogen and oxygen atoms in total. The van der Waals surface area contributed by atoms with E-state index in [1.807, 2.05) is 4.90 Å².